The molecule has 0 amide bonds. The first kappa shape index (κ1) is 26.8. The van der Waals surface area contributed by atoms with Crippen molar-refractivity contribution >= 4 is 54.4 Å². The summed E-state index contributed by atoms with van der Waals surface area (Å²) >= 11 is 0. The second-order valence-corrected chi connectivity index (χ2v) is 12.5. The fourth-order valence-electron chi connectivity index (χ4n) is 7.82. The van der Waals surface area contributed by atoms with Crippen LogP contribution in [0.5, 0.6) is 0 Å². The minimum absolute atomic E-state index is 1.17. The van der Waals surface area contributed by atoms with Crippen LogP contribution in [0.15, 0.2) is 182 Å². The van der Waals surface area contributed by atoms with Gasteiger partial charge >= 0.3 is 0 Å². The molecule has 0 radical (unpaired) electrons. The zero-order valence-electron chi connectivity index (χ0n) is 26.2. The van der Waals surface area contributed by atoms with Crippen molar-refractivity contribution < 1.29 is 0 Å². The monoisotopic (exact) mass is 610 g/mol. The van der Waals surface area contributed by atoms with E-state index in [4.69, 9.17) is 0 Å². The van der Waals surface area contributed by atoms with Crippen LogP contribution in [0.4, 0.5) is 0 Å². The van der Waals surface area contributed by atoms with Gasteiger partial charge in [0.2, 0.25) is 0 Å². The average Bonchev–Trinajstić information content (AvgIpc) is 3.68. The van der Waals surface area contributed by atoms with Crippen molar-refractivity contribution in [3.05, 3.63) is 182 Å². The van der Waals surface area contributed by atoms with Crippen LogP contribution in [0.3, 0.4) is 0 Å². The molecule has 0 saturated heterocycles. The van der Waals surface area contributed by atoms with Crippen LogP contribution < -0.4 is 0 Å². The summed E-state index contributed by atoms with van der Waals surface area (Å²) in [4.78, 5) is 0. The fraction of sp³-hybridized carbons (Fsp3) is 0. The van der Waals surface area contributed by atoms with E-state index in [1.807, 2.05) is 0 Å². The molecule has 2 heterocycles. The zero-order chi connectivity index (χ0) is 31.6. The molecular formula is C46H30N2. The molecule has 2 heteroatoms. The van der Waals surface area contributed by atoms with Gasteiger partial charge in [0.15, 0.2) is 0 Å². The van der Waals surface area contributed by atoms with Crippen LogP contribution in [0.1, 0.15) is 0 Å². The average molecular weight is 611 g/mol. The summed E-state index contributed by atoms with van der Waals surface area (Å²) < 4.78 is 4.99. The van der Waals surface area contributed by atoms with E-state index < -0.39 is 0 Å². The highest BCUT2D eigenvalue weighted by Gasteiger charge is 2.23. The van der Waals surface area contributed by atoms with E-state index in [-0.39, 0.29) is 0 Å². The first-order valence-electron chi connectivity index (χ1n) is 16.5. The highest BCUT2D eigenvalue weighted by Crippen LogP contribution is 2.45. The maximum atomic E-state index is 2.51. The Hall–Kier alpha value is -6.38. The summed E-state index contributed by atoms with van der Waals surface area (Å²) in [5, 5.41) is 7.50. The Morgan fingerprint density at radius 1 is 0.333 bits per heavy atom. The number of para-hydroxylation sites is 3. The first-order valence-corrected chi connectivity index (χ1v) is 16.5. The number of nitrogens with zero attached hydrogens (tertiary/aromatic N) is 2. The van der Waals surface area contributed by atoms with E-state index in [0.29, 0.717) is 0 Å². The molecule has 0 spiro atoms. The molecule has 8 aromatic carbocycles. The Balaban J connectivity index is 1.40. The number of aromatic nitrogens is 2. The van der Waals surface area contributed by atoms with Gasteiger partial charge in [0, 0.05) is 38.4 Å². The summed E-state index contributed by atoms with van der Waals surface area (Å²) in [6, 6.07) is 66.2. The first-order chi connectivity index (χ1) is 23.8. The summed E-state index contributed by atoms with van der Waals surface area (Å²) in [7, 11) is 0. The lowest BCUT2D eigenvalue weighted by Crippen LogP contribution is -2.00. The van der Waals surface area contributed by atoms with E-state index in [1.54, 1.807) is 0 Å². The smallest absolute Gasteiger partial charge is 0.0641 e. The Morgan fingerprint density at radius 2 is 0.917 bits per heavy atom. The SMILES string of the molecule is c1ccc(-c2cccc(-c3ccccc3)c2-n2c3ccccc3c3c2ccc2c4ccccc4n(-c4ccc5ccccc5c4)c23)cc1. The second-order valence-electron chi connectivity index (χ2n) is 12.5. The molecular weight excluding hydrogens is 581 g/mol. The molecule has 0 atom stereocenters. The minimum atomic E-state index is 1.17. The van der Waals surface area contributed by atoms with Crippen molar-refractivity contribution in [1.82, 2.24) is 9.13 Å². The third-order valence-corrected chi connectivity index (χ3v) is 9.89. The van der Waals surface area contributed by atoms with Gasteiger partial charge in [-0.15, -0.1) is 0 Å². The van der Waals surface area contributed by atoms with E-state index in [1.165, 1.54) is 88.0 Å². The topological polar surface area (TPSA) is 9.86 Å². The van der Waals surface area contributed by atoms with E-state index in [9.17, 15) is 0 Å². The minimum Gasteiger partial charge on any atom is -0.309 e. The van der Waals surface area contributed by atoms with Crippen LogP contribution in [-0.2, 0) is 0 Å². The van der Waals surface area contributed by atoms with Crippen LogP contribution in [0.2, 0.25) is 0 Å². The van der Waals surface area contributed by atoms with Gasteiger partial charge in [-0.1, -0.05) is 152 Å². The molecule has 0 unspecified atom stereocenters. The standard InChI is InChI=1S/C46H30N2/c1-3-15-32(16-4-1)36-22-13-23-37(33-17-5-2-6-18-33)45(36)48-42-25-12-10-21-40(42)44-43(48)29-28-39-38-20-9-11-24-41(38)47(46(39)44)35-27-26-31-14-7-8-19-34(31)30-35/h1-30H. The van der Waals surface area contributed by atoms with Crippen molar-refractivity contribution in [2.45, 2.75) is 0 Å². The molecule has 224 valence electrons. The van der Waals surface area contributed by atoms with Crippen molar-refractivity contribution in [2.75, 3.05) is 0 Å². The molecule has 2 aromatic heterocycles. The maximum absolute atomic E-state index is 2.51. The third kappa shape index (κ3) is 3.93. The summed E-state index contributed by atoms with van der Waals surface area (Å²) in [6.07, 6.45) is 0. The predicted octanol–water partition coefficient (Wildman–Crippen LogP) is 12.4. The number of benzene rings is 8. The molecule has 0 aliphatic rings. The third-order valence-electron chi connectivity index (χ3n) is 9.89. The van der Waals surface area contributed by atoms with Crippen LogP contribution in [-0.4, -0.2) is 9.13 Å². The number of rotatable bonds is 4. The Kier molecular flexibility index (Phi) is 5.91. The Bertz CT molecular complexity index is 2760. The molecule has 48 heavy (non-hydrogen) atoms. The van der Waals surface area contributed by atoms with Gasteiger partial charge < -0.3 is 9.13 Å². The van der Waals surface area contributed by atoms with Crippen molar-refractivity contribution in [3.63, 3.8) is 0 Å². The largest absolute Gasteiger partial charge is 0.309 e. The van der Waals surface area contributed by atoms with Gasteiger partial charge in [0.1, 0.15) is 0 Å². The second kappa shape index (κ2) is 10.6. The Labute approximate surface area is 278 Å². The number of fused-ring (bicyclic) bond motifs is 8. The molecule has 0 bridgehead atoms. The van der Waals surface area contributed by atoms with Gasteiger partial charge in [-0.05, 0) is 52.2 Å². The van der Waals surface area contributed by atoms with Crippen molar-refractivity contribution in [2.24, 2.45) is 0 Å². The number of hydrogen-bond donors (Lipinski definition) is 0. The van der Waals surface area contributed by atoms with E-state index >= 15 is 0 Å². The molecule has 0 aliphatic heterocycles. The maximum Gasteiger partial charge on any atom is 0.0641 e. The molecule has 2 nitrogen and oxygen atoms in total. The highest BCUT2D eigenvalue weighted by atomic mass is 15.0. The molecule has 0 N–H and O–H groups in total. The lowest BCUT2D eigenvalue weighted by Gasteiger charge is -2.19. The van der Waals surface area contributed by atoms with Gasteiger partial charge in [-0.2, -0.15) is 0 Å². The molecule has 10 aromatic rings. The quantitative estimate of drug-likeness (QED) is 0.188. The van der Waals surface area contributed by atoms with Gasteiger partial charge in [0.25, 0.3) is 0 Å². The van der Waals surface area contributed by atoms with E-state index in [0.717, 1.165) is 0 Å². The molecule has 0 aliphatic carbocycles. The highest BCUT2D eigenvalue weighted by molar-refractivity contribution is 6.26. The normalized spacial score (nSPS) is 11.8. The van der Waals surface area contributed by atoms with Gasteiger partial charge in [0.05, 0.1) is 27.8 Å². The van der Waals surface area contributed by atoms with Crippen LogP contribution in [0.25, 0.3) is 88.0 Å². The van der Waals surface area contributed by atoms with Crippen molar-refractivity contribution in [1.29, 1.82) is 0 Å². The number of hydrogen-bond acceptors (Lipinski definition) is 0. The van der Waals surface area contributed by atoms with Crippen LogP contribution >= 0.6 is 0 Å². The van der Waals surface area contributed by atoms with E-state index in [2.05, 4.69) is 191 Å². The van der Waals surface area contributed by atoms with Crippen molar-refractivity contribution in [3.8, 4) is 33.6 Å². The lowest BCUT2D eigenvalue weighted by molar-refractivity contribution is 1.18. The molecule has 10 rings (SSSR count). The predicted molar refractivity (Wildman–Crippen MR) is 203 cm³/mol. The zero-order valence-corrected chi connectivity index (χ0v) is 26.2. The lowest BCUT2D eigenvalue weighted by atomic mass is 9.95. The molecule has 0 saturated carbocycles. The summed E-state index contributed by atoms with van der Waals surface area (Å²) in [6.45, 7) is 0. The summed E-state index contributed by atoms with van der Waals surface area (Å²) in [5.74, 6) is 0. The fourth-order valence-corrected chi connectivity index (χ4v) is 7.82. The van der Waals surface area contributed by atoms with Gasteiger partial charge in [-0.25, -0.2) is 0 Å². The molecule has 0 fully saturated rings. The van der Waals surface area contributed by atoms with Gasteiger partial charge in [-0.3, -0.25) is 0 Å². The Morgan fingerprint density at radius 3 is 1.62 bits per heavy atom. The summed E-state index contributed by atoms with van der Waals surface area (Å²) in [5.41, 5.74) is 12.0. The van der Waals surface area contributed by atoms with Crippen LogP contribution in [0, 0.1) is 0 Å².